The van der Waals surface area contributed by atoms with E-state index in [4.69, 9.17) is 4.42 Å². The maximum Gasteiger partial charge on any atom is 0.170 e. The molecule has 0 unspecified atom stereocenters. The second-order valence-electron chi connectivity index (χ2n) is 4.25. The van der Waals surface area contributed by atoms with Gasteiger partial charge in [0.1, 0.15) is 11.5 Å². The van der Waals surface area contributed by atoms with Gasteiger partial charge in [-0.15, -0.1) is 0 Å². The number of hydrogen-bond acceptors (Lipinski definition) is 3. The van der Waals surface area contributed by atoms with Crippen LogP contribution in [-0.2, 0) is 7.05 Å². The molecule has 94 valence electrons. The predicted octanol–water partition coefficient (Wildman–Crippen LogP) is 3.16. The fourth-order valence-electron chi connectivity index (χ4n) is 2.07. The highest BCUT2D eigenvalue weighted by Gasteiger charge is 2.07. The minimum atomic E-state index is 0.438. The Kier molecular flexibility index (Phi) is 2.76. The predicted molar refractivity (Wildman–Crippen MR) is 71.7 cm³/mol. The Balaban J connectivity index is 1.98. The van der Waals surface area contributed by atoms with Gasteiger partial charge in [-0.3, -0.25) is 9.48 Å². The number of hydrogen-bond donors (Lipinski definition) is 0. The van der Waals surface area contributed by atoms with Crippen LogP contribution in [0.1, 0.15) is 10.5 Å². The van der Waals surface area contributed by atoms with Gasteiger partial charge in [0.2, 0.25) is 0 Å². The highest BCUT2D eigenvalue weighted by atomic mass is 16.3. The summed E-state index contributed by atoms with van der Waals surface area (Å²) in [5.41, 5.74) is 3.38. The van der Waals surface area contributed by atoms with Crippen LogP contribution in [0.4, 0.5) is 0 Å². The van der Waals surface area contributed by atoms with Crippen molar-refractivity contribution in [3.63, 3.8) is 0 Å². The lowest BCUT2D eigenvalue weighted by atomic mass is 10.1. The average molecular weight is 252 g/mol. The zero-order valence-electron chi connectivity index (χ0n) is 10.4. The summed E-state index contributed by atoms with van der Waals surface area (Å²) in [7, 11) is 1.82. The first-order chi connectivity index (χ1) is 9.28. The van der Waals surface area contributed by atoms with E-state index in [0.717, 1.165) is 28.9 Å². The Morgan fingerprint density at radius 2 is 1.89 bits per heavy atom. The van der Waals surface area contributed by atoms with Crippen molar-refractivity contribution in [2.45, 2.75) is 0 Å². The summed E-state index contributed by atoms with van der Waals surface area (Å²) in [6.45, 7) is 0. The molecule has 0 saturated carbocycles. The number of aromatic nitrogens is 2. The number of furan rings is 1. The van der Waals surface area contributed by atoms with Gasteiger partial charge < -0.3 is 4.42 Å². The van der Waals surface area contributed by atoms with E-state index in [0.29, 0.717) is 5.69 Å². The number of aryl methyl sites for hydroxylation is 1. The van der Waals surface area contributed by atoms with E-state index in [1.807, 2.05) is 43.4 Å². The Morgan fingerprint density at radius 1 is 1.16 bits per heavy atom. The molecule has 0 aliphatic heterocycles. The smallest absolute Gasteiger partial charge is 0.170 e. The maximum absolute atomic E-state index is 10.7. The van der Waals surface area contributed by atoms with Gasteiger partial charge in [-0.1, -0.05) is 24.3 Å². The number of rotatable bonds is 3. The molecule has 4 nitrogen and oxygen atoms in total. The zero-order valence-corrected chi connectivity index (χ0v) is 10.4. The van der Waals surface area contributed by atoms with Crippen molar-refractivity contribution >= 4 is 6.29 Å². The minimum absolute atomic E-state index is 0.438. The molecule has 19 heavy (non-hydrogen) atoms. The van der Waals surface area contributed by atoms with Crippen LogP contribution in [0.5, 0.6) is 0 Å². The maximum atomic E-state index is 10.7. The summed E-state index contributed by atoms with van der Waals surface area (Å²) >= 11 is 0. The molecule has 0 spiro atoms. The molecule has 2 aromatic heterocycles. The summed E-state index contributed by atoms with van der Waals surface area (Å²) in [6.07, 6.45) is 2.40. The number of nitrogens with zero attached hydrogens (tertiary/aromatic N) is 2. The molecule has 0 saturated heterocycles. The van der Waals surface area contributed by atoms with E-state index in [1.54, 1.807) is 17.0 Å². The van der Waals surface area contributed by atoms with E-state index >= 15 is 0 Å². The van der Waals surface area contributed by atoms with Crippen LogP contribution in [0.15, 0.2) is 53.1 Å². The quantitative estimate of drug-likeness (QED) is 0.673. The second kappa shape index (κ2) is 4.57. The fourth-order valence-corrected chi connectivity index (χ4v) is 2.07. The molecular weight excluding hydrogens is 240 g/mol. The van der Waals surface area contributed by atoms with Crippen molar-refractivity contribution in [2.24, 2.45) is 7.05 Å². The molecule has 3 rings (SSSR count). The van der Waals surface area contributed by atoms with Gasteiger partial charge in [-0.05, 0) is 23.8 Å². The van der Waals surface area contributed by atoms with Gasteiger partial charge in [-0.2, -0.15) is 5.10 Å². The summed E-state index contributed by atoms with van der Waals surface area (Å²) in [4.78, 5) is 10.7. The van der Waals surface area contributed by atoms with Crippen LogP contribution in [-0.4, -0.2) is 16.1 Å². The normalized spacial score (nSPS) is 10.6. The van der Waals surface area contributed by atoms with E-state index < -0.39 is 0 Å². The summed E-state index contributed by atoms with van der Waals surface area (Å²) in [6, 6.07) is 13.5. The third-order valence-corrected chi connectivity index (χ3v) is 3.01. The van der Waals surface area contributed by atoms with E-state index in [-0.39, 0.29) is 0 Å². The third-order valence-electron chi connectivity index (χ3n) is 3.01. The second-order valence-corrected chi connectivity index (χ2v) is 4.25. The molecule has 0 amide bonds. The molecule has 0 bridgehead atoms. The van der Waals surface area contributed by atoms with Crippen LogP contribution in [0, 0.1) is 0 Å². The van der Waals surface area contributed by atoms with Crippen molar-refractivity contribution < 1.29 is 9.21 Å². The molecule has 0 atom stereocenters. The average Bonchev–Trinajstić information content (AvgIpc) is 3.08. The first-order valence-electron chi connectivity index (χ1n) is 5.91. The van der Waals surface area contributed by atoms with E-state index in [1.165, 1.54) is 0 Å². The van der Waals surface area contributed by atoms with Crippen molar-refractivity contribution in [1.29, 1.82) is 0 Å². The van der Waals surface area contributed by atoms with E-state index in [9.17, 15) is 4.79 Å². The van der Waals surface area contributed by atoms with Gasteiger partial charge in [0, 0.05) is 12.6 Å². The van der Waals surface area contributed by atoms with Crippen molar-refractivity contribution in [3.8, 4) is 22.6 Å². The Labute approximate surface area is 110 Å². The van der Waals surface area contributed by atoms with Crippen molar-refractivity contribution in [3.05, 3.63) is 54.4 Å². The summed E-state index contributed by atoms with van der Waals surface area (Å²) < 4.78 is 7.05. The zero-order chi connectivity index (χ0) is 13.2. The number of aldehydes is 1. The highest BCUT2D eigenvalue weighted by molar-refractivity contribution is 5.76. The van der Waals surface area contributed by atoms with Crippen LogP contribution in [0.2, 0.25) is 0 Å². The number of carbonyl (C=O) groups is 1. The molecule has 3 aromatic rings. The van der Waals surface area contributed by atoms with E-state index in [2.05, 4.69) is 5.10 Å². The lowest BCUT2D eigenvalue weighted by molar-refractivity contribution is 0.111. The summed E-state index contributed by atoms with van der Waals surface area (Å²) in [5.74, 6) is 0.838. The number of carbonyl (C=O) groups excluding carboxylic acids is 1. The molecule has 0 fully saturated rings. The largest absolute Gasteiger partial charge is 0.464 e. The Morgan fingerprint density at radius 3 is 2.47 bits per heavy atom. The van der Waals surface area contributed by atoms with Gasteiger partial charge in [0.15, 0.2) is 6.29 Å². The van der Waals surface area contributed by atoms with Crippen LogP contribution < -0.4 is 0 Å². The first kappa shape index (κ1) is 11.5. The molecule has 0 radical (unpaired) electrons. The van der Waals surface area contributed by atoms with Crippen molar-refractivity contribution in [2.75, 3.05) is 0 Å². The SMILES string of the molecule is Cn1nc(C=O)cc1-c1ccc(-c2ccco2)cc1. The molecule has 0 N–H and O–H groups in total. The molecule has 2 heterocycles. The molecule has 0 aliphatic carbocycles. The van der Waals surface area contributed by atoms with Gasteiger partial charge in [0.25, 0.3) is 0 Å². The standard InChI is InChI=1S/C15H12N2O2/c1-17-14(9-13(10-18)16-17)11-4-6-12(7-5-11)15-3-2-8-19-15/h2-10H,1H3. The Bertz CT molecular complexity index is 694. The third kappa shape index (κ3) is 2.08. The lowest BCUT2D eigenvalue weighted by Gasteiger charge is -2.03. The molecule has 4 heteroatoms. The lowest BCUT2D eigenvalue weighted by Crippen LogP contribution is -1.94. The Hall–Kier alpha value is -2.62. The molecule has 0 aliphatic rings. The summed E-state index contributed by atoms with van der Waals surface area (Å²) in [5, 5.41) is 4.11. The van der Waals surface area contributed by atoms with Crippen LogP contribution in [0.3, 0.4) is 0 Å². The molecule has 1 aromatic carbocycles. The monoisotopic (exact) mass is 252 g/mol. The van der Waals surface area contributed by atoms with Crippen LogP contribution >= 0.6 is 0 Å². The molecular formula is C15H12N2O2. The van der Waals surface area contributed by atoms with Crippen LogP contribution in [0.25, 0.3) is 22.6 Å². The van der Waals surface area contributed by atoms with Gasteiger partial charge in [-0.25, -0.2) is 0 Å². The topological polar surface area (TPSA) is 48.0 Å². The number of benzene rings is 1. The van der Waals surface area contributed by atoms with Gasteiger partial charge in [0.05, 0.1) is 12.0 Å². The fraction of sp³-hybridized carbons (Fsp3) is 0.0667. The van der Waals surface area contributed by atoms with Crippen molar-refractivity contribution in [1.82, 2.24) is 9.78 Å². The highest BCUT2D eigenvalue weighted by Crippen LogP contribution is 2.25. The first-order valence-corrected chi connectivity index (χ1v) is 5.91. The van der Waals surface area contributed by atoms with Gasteiger partial charge >= 0.3 is 0 Å². The minimum Gasteiger partial charge on any atom is -0.464 e.